The number of cyclic esters (lactones) is 1. The molecule has 0 aliphatic carbocycles. The van der Waals surface area contributed by atoms with E-state index < -0.39 is 182 Å². The summed E-state index contributed by atoms with van der Waals surface area (Å²) < 4.78 is 58.7. The number of ketones is 1. The zero-order valence-electron chi connectivity index (χ0n) is 46.1. The Labute approximate surface area is 448 Å². The lowest BCUT2D eigenvalue weighted by Crippen LogP contribution is -2.61. The van der Waals surface area contributed by atoms with E-state index in [9.17, 15) is 65.1 Å². The highest BCUT2D eigenvalue weighted by atomic mass is 16.8. The van der Waals surface area contributed by atoms with Crippen molar-refractivity contribution in [3.05, 3.63) is 0 Å². The Balaban J connectivity index is 0.000000446. The van der Waals surface area contributed by atoms with Crippen LogP contribution in [0.2, 0.25) is 0 Å². The average molecular weight is 1120 g/mol. The van der Waals surface area contributed by atoms with Gasteiger partial charge in [0.15, 0.2) is 36.7 Å². The third kappa shape index (κ3) is 15.0. The first-order chi connectivity index (χ1) is 35.7. The molecular weight excluding hydrogens is 1030 g/mol. The first-order valence-electron chi connectivity index (χ1n) is 26.1. The number of esters is 1. The molecule has 27 nitrogen and oxygen atoms in total. The summed E-state index contributed by atoms with van der Waals surface area (Å²) in [6, 6.07) is -0.322. The van der Waals surface area contributed by atoms with E-state index in [1.54, 1.807) is 62.3 Å². The molecule has 0 radical (unpaired) electrons. The third-order valence-corrected chi connectivity index (χ3v) is 15.9. The molecule has 0 aromatic heterocycles. The van der Waals surface area contributed by atoms with Crippen LogP contribution in [0.3, 0.4) is 0 Å². The number of hydrogen-bond donors (Lipinski definition) is 12. The van der Waals surface area contributed by atoms with Gasteiger partial charge in [0.25, 0.3) is 0 Å². The smallest absolute Gasteiger partial charge is 0.479 e. The Morgan fingerprint density at radius 3 is 1.99 bits per heavy atom. The summed E-state index contributed by atoms with van der Waals surface area (Å²) in [5.74, 6) is -6.38. The Kier molecular flexibility index (Phi) is 23.6. The van der Waals surface area contributed by atoms with Crippen LogP contribution in [0.4, 0.5) is 4.79 Å². The normalized spacial score (nSPS) is 45.0. The van der Waals surface area contributed by atoms with Crippen LogP contribution in [-0.2, 0) is 61.8 Å². The highest BCUT2D eigenvalue weighted by molar-refractivity contribution is 5.84. The van der Waals surface area contributed by atoms with Gasteiger partial charge in [-0.3, -0.25) is 9.59 Å². The van der Waals surface area contributed by atoms with Crippen molar-refractivity contribution < 1.29 is 128 Å². The van der Waals surface area contributed by atoms with Crippen LogP contribution in [0.25, 0.3) is 0 Å². The van der Waals surface area contributed by atoms with E-state index in [2.05, 4.69) is 0 Å². The lowest BCUT2D eigenvalue weighted by molar-refractivity contribution is -0.326. The molecule has 27 heteroatoms. The number of likely N-dealkylation sites (N-methyl/N-ethyl adjacent to an activating group) is 1. The topological polar surface area (TPSA) is 407 Å². The number of nitrogens with zero attached hydrogens (tertiary/aromatic N) is 1. The number of carboxylic acids is 1. The Bertz CT molecular complexity index is 1930. The van der Waals surface area contributed by atoms with Gasteiger partial charge in [0.05, 0.1) is 60.7 Å². The minimum atomic E-state index is -2.39. The summed E-state index contributed by atoms with van der Waals surface area (Å²) in [6.45, 7) is 15.2. The Morgan fingerprint density at radius 1 is 0.818 bits per heavy atom. The van der Waals surface area contributed by atoms with Gasteiger partial charge in [-0.25, -0.2) is 9.59 Å². The zero-order chi connectivity index (χ0) is 58.6. The fraction of sp³-hybridized carbons (Fsp3) is 0.920. The van der Waals surface area contributed by atoms with E-state index in [0.717, 1.165) is 0 Å². The number of aliphatic hydroxyl groups is 11. The number of hydrogen-bond acceptors (Lipinski definition) is 26. The summed E-state index contributed by atoms with van der Waals surface area (Å²) in [5.41, 5.74) is -4.33. The summed E-state index contributed by atoms with van der Waals surface area (Å²) in [7, 11) is 5.20. The standard InChI is InChI=1S/C38H65NO14.C12H22O12/c1-14-25-38(10)32(52-35(44)53-38)20(4)27(40)18(2)16-36(8,45)31(51-34-28(41)24(39(11)12)15-19(3)47-34)21(5)29(22(6)33(43)49-25)50-26-17-37(9,46-13)30(42)23(7)48-26;13-1-3(15)10(7(18)8(19)11(21)22)24-12-9(20)6(17)5(16)4(2-14)23-12/h18-26,28-32,34,41-42,45H,14-17H2,1-13H3;3-10,12-20H,1-2H2,(H,21,22)/t18-,19-,20+,21+,22-,23+,24+,25-,26-,28-,29+,30+,31-,32-,34+,36-,37-,38-;3?,4-,5+,6+,7?,8?,9?,10?,12+/m11/s1. The van der Waals surface area contributed by atoms with Crippen molar-refractivity contribution in [3.63, 3.8) is 0 Å². The fourth-order valence-electron chi connectivity index (χ4n) is 11.2. The summed E-state index contributed by atoms with van der Waals surface area (Å²) in [4.78, 5) is 53.7. The molecule has 77 heavy (non-hydrogen) atoms. The molecule has 5 saturated heterocycles. The Hall–Kier alpha value is -2.88. The van der Waals surface area contributed by atoms with Gasteiger partial charge in [0.2, 0.25) is 0 Å². The van der Waals surface area contributed by atoms with Crippen molar-refractivity contribution in [1.29, 1.82) is 0 Å². The highest BCUT2D eigenvalue weighted by Gasteiger charge is 2.60. The molecule has 5 rings (SSSR count). The van der Waals surface area contributed by atoms with Gasteiger partial charge in [-0.05, 0) is 74.9 Å². The predicted molar refractivity (Wildman–Crippen MR) is 261 cm³/mol. The number of carbonyl (C=O) groups is 4. The third-order valence-electron chi connectivity index (χ3n) is 15.9. The molecule has 0 aromatic carbocycles. The van der Waals surface area contributed by atoms with Crippen molar-refractivity contribution in [3.8, 4) is 0 Å². The van der Waals surface area contributed by atoms with Crippen LogP contribution in [0.15, 0.2) is 0 Å². The number of methoxy groups -OCH3 is 1. The minimum Gasteiger partial charge on any atom is -0.479 e. The van der Waals surface area contributed by atoms with E-state index in [1.165, 1.54) is 7.11 Å². The fourth-order valence-corrected chi connectivity index (χ4v) is 11.2. The molecule has 5 heterocycles. The quantitative estimate of drug-likeness (QED) is 0.0742. The molecule has 0 aromatic rings. The second-order valence-electron chi connectivity index (χ2n) is 22.2. The summed E-state index contributed by atoms with van der Waals surface area (Å²) >= 11 is 0. The van der Waals surface area contributed by atoms with Gasteiger partial charge in [0.1, 0.15) is 66.8 Å². The maximum Gasteiger partial charge on any atom is 0.509 e. The molecule has 12 N–H and O–H groups in total. The molecule has 27 atom stereocenters. The molecule has 0 saturated carbocycles. The number of Topliss-reactive ketones (excluding diaryl/α,β-unsaturated/α-hetero) is 1. The zero-order valence-corrected chi connectivity index (χ0v) is 46.1. The second-order valence-corrected chi connectivity index (χ2v) is 22.2. The van der Waals surface area contributed by atoms with Crippen molar-refractivity contribution >= 4 is 23.9 Å². The SMILES string of the molecule is CC[C@H]1OC(=O)[C@H](C)[C@@H](O[C@@H]2C[C@@](C)(OC)[C@@H](O)[C@H](C)O2)[C@H](C)[C@@H](O[C@@H]2O[C@H](C)C[C@H](N(C)C)[C@H]2O)[C@](C)(O)C[C@@H](C)C(=O)[C@H](C)[C@H]2OC(=O)O[C@@]21C.O=C(O)C(O)C(O)C(O[C@@H]1O[C@H](CO)[C@H](O)[C@H](O)C1O)C(O)CO. The lowest BCUT2D eigenvalue weighted by atomic mass is 9.74. The first kappa shape index (κ1) is 66.6. The molecular formula is C50H87NO26. The van der Waals surface area contributed by atoms with Gasteiger partial charge in [0, 0.05) is 31.4 Å². The minimum absolute atomic E-state index is 0.0996. The average Bonchev–Trinajstić information content (AvgIpc) is 3.69. The number of carbonyl (C=O) groups excluding carboxylic acids is 3. The van der Waals surface area contributed by atoms with Gasteiger partial charge in [-0.1, -0.05) is 27.7 Å². The number of fused-ring (bicyclic) bond motifs is 1. The molecule has 5 unspecified atom stereocenters. The van der Waals surface area contributed by atoms with Gasteiger partial charge < -0.3 is 114 Å². The molecule has 5 fully saturated rings. The van der Waals surface area contributed by atoms with Gasteiger partial charge in [-0.15, -0.1) is 0 Å². The van der Waals surface area contributed by atoms with Crippen LogP contribution < -0.4 is 0 Å². The number of aliphatic hydroxyl groups excluding tert-OH is 10. The molecule has 0 bridgehead atoms. The van der Waals surface area contributed by atoms with E-state index in [4.69, 9.17) is 62.7 Å². The van der Waals surface area contributed by atoms with E-state index in [1.807, 2.05) is 25.9 Å². The van der Waals surface area contributed by atoms with Gasteiger partial charge in [-0.2, -0.15) is 0 Å². The summed E-state index contributed by atoms with van der Waals surface area (Å²) in [6.07, 6.45) is -26.7. The maximum absolute atomic E-state index is 14.3. The highest BCUT2D eigenvalue weighted by Crippen LogP contribution is 2.43. The largest absolute Gasteiger partial charge is 0.509 e. The monoisotopic (exact) mass is 1120 g/mol. The molecule has 448 valence electrons. The molecule has 0 amide bonds. The molecule has 5 aliphatic heterocycles. The number of carboxylic acid groups (broad SMARTS) is 1. The molecule has 0 spiro atoms. The van der Waals surface area contributed by atoms with Crippen molar-refractivity contribution in [1.82, 2.24) is 4.90 Å². The summed E-state index contributed by atoms with van der Waals surface area (Å²) in [5, 5.41) is 119. The van der Waals surface area contributed by atoms with Crippen molar-refractivity contribution in [2.24, 2.45) is 23.7 Å². The van der Waals surface area contributed by atoms with Crippen LogP contribution in [-0.4, -0.2) is 264 Å². The van der Waals surface area contributed by atoms with Crippen LogP contribution in [0, 0.1) is 23.7 Å². The maximum atomic E-state index is 14.3. The molecule has 5 aliphatic rings. The second kappa shape index (κ2) is 27.3. The lowest BCUT2D eigenvalue weighted by Gasteiger charge is -2.49. The van der Waals surface area contributed by atoms with E-state index in [0.29, 0.717) is 6.42 Å². The van der Waals surface area contributed by atoms with Crippen molar-refractivity contribution in [2.75, 3.05) is 34.4 Å². The number of aliphatic carboxylic acids is 1. The number of ether oxygens (including phenoxy) is 10. The van der Waals surface area contributed by atoms with Crippen molar-refractivity contribution in [2.45, 2.75) is 234 Å². The van der Waals surface area contributed by atoms with Crippen LogP contribution in [0.5, 0.6) is 0 Å². The first-order valence-corrected chi connectivity index (χ1v) is 26.1. The Morgan fingerprint density at radius 2 is 1.44 bits per heavy atom. The van der Waals surface area contributed by atoms with E-state index in [-0.39, 0.29) is 37.2 Å². The van der Waals surface area contributed by atoms with Gasteiger partial charge >= 0.3 is 18.1 Å². The van der Waals surface area contributed by atoms with Crippen LogP contribution in [0.1, 0.15) is 94.9 Å². The van der Waals surface area contributed by atoms with Crippen LogP contribution >= 0.6 is 0 Å². The van der Waals surface area contributed by atoms with E-state index >= 15 is 0 Å². The number of rotatable bonds is 15. The predicted octanol–water partition coefficient (Wildman–Crippen LogP) is -2.70.